The number of amides is 1. The molecule has 0 heterocycles. The molecule has 0 radical (unpaired) electrons. The Kier molecular flexibility index (Phi) is 5.93. The van der Waals surface area contributed by atoms with Gasteiger partial charge >= 0.3 is 5.97 Å². The number of hydrogen-bond acceptors (Lipinski definition) is 3. The van der Waals surface area contributed by atoms with Gasteiger partial charge < -0.3 is 16.2 Å². The lowest BCUT2D eigenvalue weighted by atomic mass is 10.0. The molecule has 0 aromatic carbocycles. The number of carbonyl (C=O) groups excluding carboxylic acids is 1. The van der Waals surface area contributed by atoms with Gasteiger partial charge in [0.15, 0.2) is 0 Å². The maximum Gasteiger partial charge on any atom is 0.326 e. The fourth-order valence-electron chi connectivity index (χ4n) is 1.11. The zero-order valence-electron chi connectivity index (χ0n) is 9.49. The van der Waals surface area contributed by atoms with Crippen LogP contribution in [-0.4, -0.2) is 29.6 Å². The van der Waals surface area contributed by atoms with Gasteiger partial charge in [-0.25, -0.2) is 4.79 Å². The fourth-order valence-corrected chi connectivity index (χ4v) is 1.11. The quantitative estimate of drug-likeness (QED) is 0.591. The molecule has 4 N–H and O–H groups in total. The van der Waals surface area contributed by atoms with Crippen molar-refractivity contribution in [1.29, 1.82) is 0 Å². The predicted octanol–water partition coefficient (Wildman–Crippen LogP) is 0.197. The Morgan fingerprint density at radius 3 is 2.20 bits per heavy atom. The summed E-state index contributed by atoms with van der Waals surface area (Å²) in [6, 6.07) is -0.813. The van der Waals surface area contributed by atoms with Gasteiger partial charge in [0.25, 0.3) is 0 Å². The molecule has 0 aromatic heterocycles. The van der Waals surface area contributed by atoms with Crippen molar-refractivity contribution in [3.05, 3.63) is 0 Å². The molecule has 0 aliphatic heterocycles. The Labute approximate surface area is 90.0 Å². The summed E-state index contributed by atoms with van der Waals surface area (Å²) >= 11 is 0. The third-order valence-corrected chi connectivity index (χ3v) is 2.12. The van der Waals surface area contributed by atoms with Gasteiger partial charge in [0.2, 0.25) is 5.91 Å². The van der Waals surface area contributed by atoms with Gasteiger partial charge in [-0.15, -0.1) is 0 Å². The maximum absolute atomic E-state index is 11.4. The van der Waals surface area contributed by atoms with Crippen LogP contribution in [0.5, 0.6) is 0 Å². The second-order valence-corrected chi connectivity index (χ2v) is 4.17. The van der Waals surface area contributed by atoms with E-state index >= 15 is 0 Å². The zero-order valence-corrected chi connectivity index (χ0v) is 9.49. The molecule has 0 aliphatic rings. The van der Waals surface area contributed by atoms with E-state index in [2.05, 4.69) is 5.32 Å². The minimum absolute atomic E-state index is 0.222. The molecule has 0 saturated carbocycles. The van der Waals surface area contributed by atoms with Gasteiger partial charge in [-0.1, -0.05) is 20.8 Å². The van der Waals surface area contributed by atoms with Gasteiger partial charge in [-0.05, 0) is 12.3 Å². The highest BCUT2D eigenvalue weighted by Crippen LogP contribution is 2.05. The van der Waals surface area contributed by atoms with E-state index in [1.54, 1.807) is 6.92 Å². The zero-order chi connectivity index (χ0) is 12.0. The average molecular weight is 216 g/mol. The van der Waals surface area contributed by atoms with Gasteiger partial charge in [-0.3, -0.25) is 4.79 Å². The van der Waals surface area contributed by atoms with Crippen LogP contribution in [0.2, 0.25) is 0 Å². The highest BCUT2D eigenvalue weighted by atomic mass is 16.4. The first-order valence-electron chi connectivity index (χ1n) is 5.11. The molecule has 2 atom stereocenters. The lowest BCUT2D eigenvalue weighted by Crippen LogP contribution is -2.45. The first-order chi connectivity index (χ1) is 6.88. The first-order valence-corrected chi connectivity index (χ1v) is 5.11. The molecule has 88 valence electrons. The van der Waals surface area contributed by atoms with Gasteiger partial charge in [0.1, 0.15) is 6.04 Å². The Balaban J connectivity index is 4.29. The van der Waals surface area contributed by atoms with Crippen molar-refractivity contribution in [1.82, 2.24) is 5.32 Å². The van der Waals surface area contributed by atoms with Crippen LogP contribution in [-0.2, 0) is 9.59 Å². The summed E-state index contributed by atoms with van der Waals surface area (Å²) in [5.74, 6) is -1.43. The summed E-state index contributed by atoms with van der Waals surface area (Å²) in [5, 5.41) is 11.4. The van der Waals surface area contributed by atoms with E-state index in [1.807, 2.05) is 13.8 Å². The van der Waals surface area contributed by atoms with Crippen molar-refractivity contribution in [2.45, 2.75) is 33.2 Å². The molecular formula is C10H20N2O3. The van der Waals surface area contributed by atoms with Crippen LogP contribution in [0.25, 0.3) is 0 Å². The monoisotopic (exact) mass is 216 g/mol. The van der Waals surface area contributed by atoms with E-state index in [0.29, 0.717) is 6.42 Å². The number of carboxylic acids is 1. The third kappa shape index (κ3) is 5.37. The standard InChI is InChI=1S/C10H20N2O3/c1-6(2)4-8(10(14)15)12-9(13)7(3)5-11/h6-8H,4-5,11H2,1-3H3,(H,12,13)(H,14,15). The Morgan fingerprint density at radius 1 is 1.33 bits per heavy atom. The summed E-state index contributed by atoms with van der Waals surface area (Å²) in [4.78, 5) is 22.3. The first kappa shape index (κ1) is 13.9. The van der Waals surface area contributed by atoms with Crippen LogP contribution in [0.4, 0.5) is 0 Å². The molecule has 0 aromatic rings. The van der Waals surface area contributed by atoms with E-state index in [9.17, 15) is 9.59 Å². The summed E-state index contributed by atoms with van der Waals surface area (Å²) in [6.07, 6.45) is 0.429. The van der Waals surface area contributed by atoms with Crippen LogP contribution >= 0.6 is 0 Å². The average Bonchev–Trinajstić information content (AvgIpc) is 2.14. The van der Waals surface area contributed by atoms with Crippen molar-refractivity contribution in [3.63, 3.8) is 0 Å². The van der Waals surface area contributed by atoms with Crippen molar-refractivity contribution in [2.24, 2.45) is 17.6 Å². The molecule has 0 fully saturated rings. The number of rotatable bonds is 6. The molecular weight excluding hydrogens is 196 g/mol. The number of aliphatic carboxylic acids is 1. The summed E-state index contributed by atoms with van der Waals surface area (Å²) < 4.78 is 0. The Hall–Kier alpha value is -1.10. The normalized spacial score (nSPS) is 14.7. The Bertz CT molecular complexity index is 229. The molecule has 1 amide bonds. The van der Waals surface area contributed by atoms with E-state index in [4.69, 9.17) is 10.8 Å². The van der Waals surface area contributed by atoms with Gasteiger partial charge in [-0.2, -0.15) is 0 Å². The smallest absolute Gasteiger partial charge is 0.326 e. The molecule has 0 saturated heterocycles. The topological polar surface area (TPSA) is 92.4 Å². The number of hydrogen-bond donors (Lipinski definition) is 3. The molecule has 2 unspecified atom stereocenters. The highest BCUT2D eigenvalue weighted by molar-refractivity contribution is 5.84. The summed E-state index contributed by atoms with van der Waals surface area (Å²) in [5.41, 5.74) is 5.32. The van der Waals surface area contributed by atoms with Crippen molar-refractivity contribution in [2.75, 3.05) is 6.54 Å². The van der Waals surface area contributed by atoms with Crippen LogP contribution in [0.3, 0.4) is 0 Å². The summed E-state index contributed by atoms with van der Waals surface area (Å²) in [7, 11) is 0. The minimum Gasteiger partial charge on any atom is -0.480 e. The number of nitrogens with one attached hydrogen (secondary N) is 1. The van der Waals surface area contributed by atoms with Gasteiger partial charge in [0, 0.05) is 12.5 Å². The van der Waals surface area contributed by atoms with Gasteiger partial charge in [0.05, 0.1) is 0 Å². The van der Waals surface area contributed by atoms with Crippen molar-refractivity contribution in [3.8, 4) is 0 Å². The van der Waals surface area contributed by atoms with Crippen LogP contribution in [0, 0.1) is 11.8 Å². The second kappa shape index (κ2) is 6.40. The van der Waals surface area contributed by atoms with Crippen LogP contribution in [0.1, 0.15) is 27.2 Å². The lowest BCUT2D eigenvalue weighted by Gasteiger charge is -2.18. The molecule has 5 nitrogen and oxygen atoms in total. The predicted molar refractivity (Wildman–Crippen MR) is 57.2 cm³/mol. The molecule has 15 heavy (non-hydrogen) atoms. The SMILES string of the molecule is CC(C)CC(NC(=O)C(C)CN)C(=O)O. The fraction of sp³-hybridized carbons (Fsp3) is 0.800. The molecule has 5 heteroatoms. The Morgan fingerprint density at radius 2 is 1.87 bits per heavy atom. The van der Waals surface area contributed by atoms with E-state index in [0.717, 1.165) is 0 Å². The summed E-state index contributed by atoms with van der Waals surface area (Å²) in [6.45, 7) is 5.71. The van der Waals surface area contributed by atoms with Crippen LogP contribution in [0.15, 0.2) is 0 Å². The minimum atomic E-state index is -0.999. The van der Waals surface area contributed by atoms with E-state index in [1.165, 1.54) is 0 Å². The van der Waals surface area contributed by atoms with E-state index < -0.39 is 12.0 Å². The molecule has 0 spiro atoms. The lowest BCUT2D eigenvalue weighted by molar-refractivity contribution is -0.142. The van der Waals surface area contributed by atoms with E-state index in [-0.39, 0.29) is 24.3 Å². The number of nitrogens with two attached hydrogens (primary N) is 1. The second-order valence-electron chi connectivity index (χ2n) is 4.17. The van der Waals surface area contributed by atoms with Crippen molar-refractivity contribution < 1.29 is 14.7 Å². The van der Waals surface area contributed by atoms with Crippen molar-refractivity contribution >= 4 is 11.9 Å². The highest BCUT2D eigenvalue weighted by Gasteiger charge is 2.22. The number of carbonyl (C=O) groups is 2. The molecule has 0 rings (SSSR count). The molecule has 0 aliphatic carbocycles. The largest absolute Gasteiger partial charge is 0.480 e. The van der Waals surface area contributed by atoms with Crippen LogP contribution < -0.4 is 11.1 Å². The number of carboxylic acid groups (broad SMARTS) is 1. The third-order valence-electron chi connectivity index (χ3n) is 2.12. The maximum atomic E-state index is 11.4. The molecule has 0 bridgehead atoms.